The summed E-state index contributed by atoms with van der Waals surface area (Å²) in [6.07, 6.45) is 0.0599. The van der Waals surface area contributed by atoms with Crippen molar-refractivity contribution >= 4 is 11.9 Å². The van der Waals surface area contributed by atoms with Crippen LogP contribution in [0.25, 0.3) is 11.1 Å². The van der Waals surface area contributed by atoms with Crippen LogP contribution < -0.4 is 14.2 Å². The largest absolute Gasteiger partial charge is 0.491 e. The molecule has 0 aliphatic rings. The Balaban J connectivity index is 1.34. The van der Waals surface area contributed by atoms with Crippen molar-refractivity contribution in [2.45, 2.75) is 26.9 Å². The van der Waals surface area contributed by atoms with E-state index in [2.05, 4.69) is 11.8 Å². The lowest BCUT2D eigenvalue weighted by Crippen LogP contribution is -2.10. The number of ether oxygens (including phenoxy) is 3. The molecule has 5 nitrogen and oxygen atoms in total. The van der Waals surface area contributed by atoms with E-state index >= 15 is 0 Å². The minimum atomic E-state index is -0.513. The second kappa shape index (κ2) is 11.7. The van der Waals surface area contributed by atoms with Gasteiger partial charge in [-0.3, -0.25) is 0 Å². The number of esters is 2. The normalized spacial score (nSPS) is 10.3. The first-order chi connectivity index (χ1) is 17.9. The van der Waals surface area contributed by atoms with Crippen molar-refractivity contribution in [2.24, 2.45) is 0 Å². The zero-order valence-corrected chi connectivity index (χ0v) is 20.9. The van der Waals surface area contributed by atoms with Gasteiger partial charge in [0.15, 0.2) is 0 Å². The van der Waals surface area contributed by atoms with Gasteiger partial charge in [0, 0.05) is 5.56 Å². The standard InChI is InChI=1S/C32H26O5/c1-4-5-23-6-8-24(9-7-23)25-10-12-26(13-11-25)31(33)36-29-16-14-27(15-17-29)32(34)37-30-20-18-28(19-21-30)35-22(2)3/h6-22H,1-3H3. The van der Waals surface area contributed by atoms with Gasteiger partial charge < -0.3 is 14.2 Å². The van der Waals surface area contributed by atoms with Crippen LogP contribution in [0.3, 0.4) is 0 Å². The lowest BCUT2D eigenvalue weighted by molar-refractivity contribution is 0.0730. The zero-order valence-electron chi connectivity index (χ0n) is 20.9. The van der Waals surface area contributed by atoms with Crippen molar-refractivity contribution in [3.05, 3.63) is 114 Å². The summed E-state index contributed by atoms with van der Waals surface area (Å²) in [5, 5.41) is 0. The zero-order chi connectivity index (χ0) is 26.2. The van der Waals surface area contributed by atoms with Gasteiger partial charge in [-0.1, -0.05) is 30.2 Å². The lowest BCUT2D eigenvalue weighted by Gasteiger charge is -2.10. The van der Waals surface area contributed by atoms with Crippen molar-refractivity contribution in [2.75, 3.05) is 0 Å². The van der Waals surface area contributed by atoms with Crippen LogP contribution in [0.4, 0.5) is 0 Å². The third kappa shape index (κ3) is 6.87. The Hall–Kier alpha value is -4.82. The molecule has 0 saturated carbocycles. The van der Waals surface area contributed by atoms with Crippen molar-refractivity contribution in [3.8, 4) is 40.2 Å². The lowest BCUT2D eigenvalue weighted by atomic mass is 10.0. The van der Waals surface area contributed by atoms with Gasteiger partial charge in [-0.25, -0.2) is 9.59 Å². The number of carbonyl (C=O) groups is 2. The highest BCUT2D eigenvalue weighted by atomic mass is 16.5. The van der Waals surface area contributed by atoms with E-state index < -0.39 is 11.9 Å². The molecule has 0 fully saturated rings. The second-order valence-corrected chi connectivity index (χ2v) is 8.47. The van der Waals surface area contributed by atoms with Gasteiger partial charge in [-0.2, -0.15) is 0 Å². The molecule has 0 aliphatic heterocycles. The van der Waals surface area contributed by atoms with E-state index in [1.54, 1.807) is 67.6 Å². The molecule has 0 spiro atoms. The molecular weight excluding hydrogens is 464 g/mol. The molecule has 0 saturated heterocycles. The van der Waals surface area contributed by atoms with Crippen LogP contribution in [-0.4, -0.2) is 18.0 Å². The Kier molecular flexibility index (Phi) is 8.02. The Morgan fingerprint density at radius 2 is 1.00 bits per heavy atom. The first-order valence-electron chi connectivity index (χ1n) is 11.9. The van der Waals surface area contributed by atoms with Crippen LogP contribution in [0.5, 0.6) is 17.2 Å². The predicted octanol–water partition coefficient (Wildman–Crippen LogP) is 6.95. The fourth-order valence-corrected chi connectivity index (χ4v) is 3.54. The van der Waals surface area contributed by atoms with E-state index in [0.29, 0.717) is 28.4 Å². The summed E-state index contributed by atoms with van der Waals surface area (Å²) in [6, 6.07) is 28.2. The van der Waals surface area contributed by atoms with Crippen LogP contribution in [0, 0.1) is 11.8 Å². The number of rotatable bonds is 7. The second-order valence-electron chi connectivity index (χ2n) is 8.47. The summed E-state index contributed by atoms with van der Waals surface area (Å²) in [5.74, 6) is 6.34. The third-order valence-electron chi connectivity index (χ3n) is 5.31. The third-order valence-corrected chi connectivity index (χ3v) is 5.31. The molecule has 184 valence electrons. The van der Waals surface area contributed by atoms with E-state index in [1.165, 1.54) is 0 Å². The number of hydrogen-bond donors (Lipinski definition) is 0. The molecule has 4 aromatic rings. The molecule has 4 aromatic carbocycles. The summed E-state index contributed by atoms with van der Waals surface area (Å²) in [7, 11) is 0. The highest BCUT2D eigenvalue weighted by Crippen LogP contribution is 2.23. The SMILES string of the molecule is CC#Cc1ccc(-c2ccc(C(=O)Oc3ccc(C(=O)Oc4ccc(OC(C)C)cc4)cc3)cc2)cc1. The molecule has 0 unspecified atom stereocenters. The van der Waals surface area contributed by atoms with E-state index in [-0.39, 0.29) is 6.10 Å². The van der Waals surface area contributed by atoms with E-state index in [4.69, 9.17) is 14.2 Å². The quantitative estimate of drug-likeness (QED) is 0.159. The Labute approximate surface area is 216 Å². The van der Waals surface area contributed by atoms with Crippen LogP contribution in [0.2, 0.25) is 0 Å². The molecule has 4 rings (SSSR count). The fourth-order valence-electron chi connectivity index (χ4n) is 3.54. The molecule has 5 heteroatoms. The molecule has 37 heavy (non-hydrogen) atoms. The Morgan fingerprint density at radius 1 is 0.595 bits per heavy atom. The maximum absolute atomic E-state index is 12.6. The first-order valence-corrected chi connectivity index (χ1v) is 11.9. The number of carbonyl (C=O) groups excluding carboxylic acids is 2. The minimum absolute atomic E-state index is 0.0599. The molecule has 0 amide bonds. The molecular formula is C32H26O5. The molecule has 0 bridgehead atoms. The maximum atomic E-state index is 12.6. The van der Waals surface area contributed by atoms with Crippen LogP contribution in [0.15, 0.2) is 97.1 Å². The molecule has 0 heterocycles. The van der Waals surface area contributed by atoms with Crippen LogP contribution >= 0.6 is 0 Å². The van der Waals surface area contributed by atoms with Crippen molar-refractivity contribution in [1.82, 2.24) is 0 Å². The van der Waals surface area contributed by atoms with E-state index in [1.807, 2.05) is 50.2 Å². The fraction of sp³-hybridized carbons (Fsp3) is 0.125. The highest BCUT2D eigenvalue weighted by molar-refractivity contribution is 5.93. The summed E-state index contributed by atoms with van der Waals surface area (Å²) >= 11 is 0. The summed E-state index contributed by atoms with van der Waals surface area (Å²) < 4.78 is 16.5. The van der Waals surface area contributed by atoms with E-state index in [9.17, 15) is 9.59 Å². The van der Waals surface area contributed by atoms with Crippen molar-refractivity contribution < 1.29 is 23.8 Å². The van der Waals surface area contributed by atoms with Gasteiger partial charge >= 0.3 is 11.9 Å². The van der Waals surface area contributed by atoms with Gasteiger partial charge in [0.05, 0.1) is 17.2 Å². The summed E-state index contributed by atoms with van der Waals surface area (Å²) in [6.45, 7) is 5.68. The minimum Gasteiger partial charge on any atom is -0.491 e. The molecule has 0 aromatic heterocycles. The van der Waals surface area contributed by atoms with Gasteiger partial charge in [0.2, 0.25) is 0 Å². The van der Waals surface area contributed by atoms with Crippen LogP contribution in [-0.2, 0) is 0 Å². The number of benzene rings is 4. The topological polar surface area (TPSA) is 61.8 Å². The van der Waals surface area contributed by atoms with Gasteiger partial charge in [-0.05, 0) is 105 Å². The van der Waals surface area contributed by atoms with Crippen molar-refractivity contribution in [3.63, 3.8) is 0 Å². The smallest absolute Gasteiger partial charge is 0.343 e. The number of hydrogen-bond acceptors (Lipinski definition) is 5. The Morgan fingerprint density at radius 3 is 1.46 bits per heavy atom. The molecule has 0 atom stereocenters. The molecule has 0 aliphatic carbocycles. The average molecular weight is 491 g/mol. The summed E-state index contributed by atoms with van der Waals surface area (Å²) in [4.78, 5) is 25.1. The van der Waals surface area contributed by atoms with Crippen LogP contribution in [0.1, 0.15) is 47.1 Å². The predicted molar refractivity (Wildman–Crippen MR) is 143 cm³/mol. The molecule has 0 N–H and O–H groups in total. The average Bonchev–Trinajstić information content (AvgIpc) is 2.90. The van der Waals surface area contributed by atoms with Gasteiger partial charge in [0.25, 0.3) is 0 Å². The Bertz CT molecular complexity index is 1420. The highest BCUT2D eigenvalue weighted by Gasteiger charge is 2.12. The van der Waals surface area contributed by atoms with Crippen molar-refractivity contribution in [1.29, 1.82) is 0 Å². The first kappa shape index (κ1) is 25.3. The maximum Gasteiger partial charge on any atom is 0.343 e. The van der Waals surface area contributed by atoms with E-state index in [0.717, 1.165) is 16.7 Å². The van der Waals surface area contributed by atoms with Gasteiger partial charge in [-0.15, -0.1) is 5.92 Å². The van der Waals surface area contributed by atoms with Gasteiger partial charge in [0.1, 0.15) is 17.2 Å². The monoisotopic (exact) mass is 490 g/mol. The summed E-state index contributed by atoms with van der Waals surface area (Å²) in [5.41, 5.74) is 3.73. The molecule has 0 radical (unpaired) electrons.